The third-order valence-electron chi connectivity index (χ3n) is 3.56. The maximum Gasteiger partial charge on any atom is 0.144 e. The number of anilines is 2. The summed E-state index contributed by atoms with van der Waals surface area (Å²) in [6.07, 6.45) is 0.959. The first-order valence-corrected chi connectivity index (χ1v) is 7.29. The van der Waals surface area contributed by atoms with Crippen molar-refractivity contribution >= 4 is 11.4 Å². The topological polar surface area (TPSA) is 56.5 Å². The van der Waals surface area contributed by atoms with Crippen LogP contribution in [-0.4, -0.2) is 13.2 Å². The van der Waals surface area contributed by atoms with Gasteiger partial charge in [-0.05, 0) is 24.6 Å². The predicted molar refractivity (Wildman–Crippen MR) is 84.9 cm³/mol. The molecular formula is C17H20N2O2. The van der Waals surface area contributed by atoms with E-state index in [2.05, 4.69) is 18.3 Å². The van der Waals surface area contributed by atoms with Crippen LogP contribution in [0.15, 0.2) is 42.5 Å². The normalized spacial score (nSPS) is 16.1. The van der Waals surface area contributed by atoms with E-state index in [1.54, 1.807) is 0 Å². The van der Waals surface area contributed by atoms with Gasteiger partial charge in [0, 0.05) is 5.56 Å². The Kier molecular flexibility index (Phi) is 3.86. The van der Waals surface area contributed by atoms with Gasteiger partial charge in [0.15, 0.2) is 0 Å². The fraction of sp³-hybridized carbons (Fsp3) is 0.294. The van der Waals surface area contributed by atoms with Gasteiger partial charge in [0.05, 0.1) is 24.0 Å². The molecule has 4 heteroatoms. The number of rotatable bonds is 5. The van der Waals surface area contributed by atoms with Gasteiger partial charge in [0.2, 0.25) is 0 Å². The molecule has 0 fully saturated rings. The first kappa shape index (κ1) is 13.6. The van der Waals surface area contributed by atoms with E-state index in [1.165, 1.54) is 0 Å². The number of ether oxygens (including phenoxy) is 2. The lowest BCUT2D eigenvalue weighted by Gasteiger charge is -2.17. The summed E-state index contributed by atoms with van der Waals surface area (Å²) in [6, 6.07) is 14.0. The Morgan fingerprint density at radius 2 is 2.10 bits per heavy atom. The summed E-state index contributed by atoms with van der Waals surface area (Å²) in [6.45, 7) is 3.35. The molecule has 1 atom stereocenters. The number of fused-ring (bicyclic) bond motifs is 1. The van der Waals surface area contributed by atoms with Crippen LogP contribution in [0.4, 0.5) is 11.4 Å². The molecule has 21 heavy (non-hydrogen) atoms. The number of para-hydroxylation sites is 2. The Hall–Kier alpha value is -2.36. The van der Waals surface area contributed by atoms with Crippen LogP contribution in [0.3, 0.4) is 0 Å². The molecule has 1 aliphatic rings. The van der Waals surface area contributed by atoms with Crippen molar-refractivity contribution in [1.29, 1.82) is 0 Å². The van der Waals surface area contributed by atoms with Gasteiger partial charge >= 0.3 is 0 Å². The molecule has 2 aromatic carbocycles. The molecular weight excluding hydrogens is 264 g/mol. The SMILES string of the molecule is CCCOc1cccc(NC2COc3ccccc32)c1N. The predicted octanol–water partition coefficient (Wildman–Crippen LogP) is 3.60. The third-order valence-corrected chi connectivity index (χ3v) is 3.56. The van der Waals surface area contributed by atoms with E-state index in [0.29, 0.717) is 18.9 Å². The third kappa shape index (κ3) is 2.75. The van der Waals surface area contributed by atoms with Gasteiger partial charge in [-0.2, -0.15) is 0 Å². The highest BCUT2D eigenvalue weighted by Crippen LogP contribution is 2.37. The smallest absolute Gasteiger partial charge is 0.144 e. The summed E-state index contributed by atoms with van der Waals surface area (Å²) in [5.74, 6) is 1.67. The Bertz CT molecular complexity index is 628. The lowest BCUT2D eigenvalue weighted by atomic mass is 10.1. The lowest BCUT2D eigenvalue weighted by Crippen LogP contribution is -2.13. The summed E-state index contributed by atoms with van der Waals surface area (Å²) in [5, 5.41) is 3.45. The molecule has 0 saturated heterocycles. The molecule has 3 N–H and O–H groups in total. The molecule has 2 aromatic rings. The summed E-state index contributed by atoms with van der Waals surface area (Å²) in [4.78, 5) is 0. The van der Waals surface area contributed by atoms with E-state index < -0.39 is 0 Å². The molecule has 3 rings (SSSR count). The molecule has 1 unspecified atom stereocenters. The van der Waals surface area contributed by atoms with Crippen molar-refractivity contribution in [3.8, 4) is 11.5 Å². The molecule has 1 heterocycles. The average molecular weight is 284 g/mol. The van der Waals surface area contributed by atoms with Gasteiger partial charge in [-0.15, -0.1) is 0 Å². The highest BCUT2D eigenvalue weighted by molar-refractivity contribution is 5.73. The Labute approximate surface area is 124 Å². The molecule has 0 spiro atoms. The van der Waals surface area contributed by atoms with Crippen LogP contribution in [0, 0.1) is 0 Å². The zero-order valence-electron chi connectivity index (χ0n) is 12.1. The maximum atomic E-state index is 6.19. The van der Waals surface area contributed by atoms with Gasteiger partial charge in [-0.25, -0.2) is 0 Å². The molecule has 110 valence electrons. The van der Waals surface area contributed by atoms with Crippen molar-refractivity contribution in [2.45, 2.75) is 19.4 Å². The van der Waals surface area contributed by atoms with Gasteiger partial charge in [-0.3, -0.25) is 0 Å². The Morgan fingerprint density at radius 3 is 2.95 bits per heavy atom. The lowest BCUT2D eigenvalue weighted by molar-refractivity contribution is 0.319. The monoisotopic (exact) mass is 284 g/mol. The largest absolute Gasteiger partial charge is 0.491 e. The molecule has 4 nitrogen and oxygen atoms in total. The van der Waals surface area contributed by atoms with Crippen molar-refractivity contribution in [1.82, 2.24) is 0 Å². The highest BCUT2D eigenvalue weighted by atomic mass is 16.5. The second-order valence-electron chi connectivity index (χ2n) is 5.11. The average Bonchev–Trinajstić information content (AvgIpc) is 2.91. The fourth-order valence-electron chi connectivity index (χ4n) is 2.48. The van der Waals surface area contributed by atoms with Crippen molar-refractivity contribution in [2.75, 3.05) is 24.3 Å². The summed E-state index contributed by atoms with van der Waals surface area (Å²) in [7, 11) is 0. The number of nitrogens with one attached hydrogen (secondary N) is 1. The highest BCUT2D eigenvalue weighted by Gasteiger charge is 2.24. The van der Waals surface area contributed by atoms with Crippen LogP contribution < -0.4 is 20.5 Å². The first-order valence-electron chi connectivity index (χ1n) is 7.29. The minimum absolute atomic E-state index is 0.116. The Morgan fingerprint density at radius 1 is 1.24 bits per heavy atom. The minimum atomic E-state index is 0.116. The maximum absolute atomic E-state index is 6.19. The fourth-order valence-corrected chi connectivity index (χ4v) is 2.48. The van der Waals surface area contributed by atoms with Crippen LogP contribution in [0.2, 0.25) is 0 Å². The van der Waals surface area contributed by atoms with E-state index in [0.717, 1.165) is 29.2 Å². The summed E-state index contributed by atoms with van der Waals surface area (Å²) >= 11 is 0. The van der Waals surface area contributed by atoms with E-state index >= 15 is 0 Å². The van der Waals surface area contributed by atoms with E-state index in [4.69, 9.17) is 15.2 Å². The second kappa shape index (κ2) is 5.95. The van der Waals surface area contributed by atoms with Crippen molar-refractivity contribution in [3.63, 3.8) is 0 Å². The summed E-state index contributed by atoms with van der Waals surface area (Å²) < 4.78 is 11.3. The molecule has 0 bridgehead atoms. The van der Waals surface area contributed by atoms with Crippen molar-refractivity contribution < 1.29 is 9.47 Å². The van der Waals surface area contributed by atoms with E-state index in [9.17, 15) is 0 Å². The summed E-state index contributed by atoms with van der Waals surface area (Å²) in [5.41, 5.74) is 8.89. The van der Waals surface area contributed by atoms with Crippen molar-refractivity contribution in [2.24, 2.45) is 0 Å². The van der Waals surface area contributed by atoms with E-state index in [1.807, 2.05) is 36.4 Å². The van der Waals surface area contributed by atoms with Gasteiger partial charge < -0.3 is 20.5 Å². The Balaban J connectivity index is 1.80. The van der Waals surface area contributed by atoms with Crippen LogP contribution in [-0.2, 0) is 0 Å². The molecule has 0 aliphatic carbocycles. The molecule has 0 saturated carbocycles. The van der Waals surface area contributed by atoms with Gasteiger partial charge in [0.25, 0.3) is 0 Å². The van der Waals surface area contributed by atoms with E-state index in [-0.39, 0.29) is 6.04 Å². The zero-order valence-corrected chi connectivity index (χ0v) is 12.1. The van der Waals surface area contributed by atoms with Crippen LogP contribution in [0.1, 0.15) is 24.9 Å². The number of nitrogens with two attached hydrogens (primary N) is 1. The standard InChI is InChI=1S/C17H20N2O2/c1-2-10-20-16-9-5-7-13(17(16)18)19-14-11-21-15-8-4-3-6-12(14)15/h3-9,14,19H,2,10-11,18H2,1H3. The number of hydrogen-bond acceptors (Lipinski definition) is 4. The quantitative estimate of drug-likeness (QED) is 0.824. The molecule has 0 aromatic heterocycles. The zero-order chi connectivity index (χ0) is 14.7. The number of benzene rings is 2. The minimum Gasteiger partial charge on any atom is -0.491 e. The molecule has 1 aliphatic heterocycles. The van der Waals surface area contributed by atoms with Crippen LogP contribution in [0.25, 0.3) is 0 Å². The second-order valence-corrected chi connectivity index (χ2v) is 5.11. The first-order chi connectivity index (χ1) is 10.3. The molecule has 0 radical (unpaired) electrons. The van der Waals surface area contributed by atoms with Crippen LogP contribution >= 0.6 is 0 Å². The van der Waals surface area contributed by atoms with Crippen molar-refractivity contribution in [3.05, 3.63) is 48.0 Å². The van der Waals surface area contributed by atoms with Gasteiger partial charge in [0.1, 0.15) is 18.1 Å². The van der Waals surface area contributed by atoms with Gasteiger partial charge in [-0.1, -0.05) is 31.2 Å². The number of nitrogen functional groups attached to an aromatic ring is 1. The number of hydrogen-bond donors (Lipinski definition) is 2. The van der Waals surface area contributed by atoms with Crippen LogP contribution in [0.5, 0.6) is 11.5 Å². The molecule has 0 amide bonds.